The topological polar surface area (TPSA) is 96.5 Å². The van der Waals surface area contributed by atoms with Gasteiger partial charge < -0.3 is 9.72 Å². The summed E-state index contributed by atoms with van der Waals surface area (Å²) in [7, 11) is -3.79. The number of carbonyl (C=O) groups is 2. The number of aromatic nitrogens is 1. The molecule has 1 aromatic heterocycles. The number of Topliss-reactive ketones (excluding diaryl/α,β-unsaturated/α-hetero) is 1. The summed E-state index contributed by atoms with van der Waals surface area (Å²) in [5.41, 5.74) is 1.29. The monoisotopic (exact) mass is 376 g/mol. The minimum absolute atomic E-state index is 0.144. The van der Waals surface area contributed by atoms with E-state index in [-0.39, 0.29) is 17.2 Å². The Morgan fingerprint density at radius 2 is 1.96 bits per heavy atom. The number of benzene rings is 1. The van der Waals surface area contributed by atoms with Crippen molar-refractivity contribution in [1.29, 1.82) is 0 Å². The zero-order chi connectivity index (χ0) is 18.7. The standard InChI is InChI=1S/C18H20N2O5S/c1-13-6-8-14(9-7-13)26(23,24)20-11-3-5-16(20)18(22)25-12-17(21)15-4-2-10-19-15/h2,4,6-10,16,19H,3,5,11-12H2,1H3. The van der Waals surface area contributed by atoms with E-state index in [2.05, 4.69) is 4.98 Å². The lowest BCUT2D eigenvalue weighted by Crippen LogP contribution is -2.41. The molecule has 8 heteroatoms. The van der Waals surface area contributed by atoms with Gasteiger partial charge in [-0.15, -0.1) is 0 Å². The minimum atomic E-state index is -3.79. The Kier molecular flexibility index (Phi) is 5.24. The van der Waals surface area contributed by atoms with Crippen molar-refractivity contribution in [1.82, 2.24) is 9.29 Å². The molecule has 1 fully saturated rings. The lowest BCUT2D eigenvalue weighted by molar-refractivity contribution is -0.146. The molecule has 7 nitrogen and oxygen atoms in total. The van der Waals surface area contributed by atoms with Gasteiger partial charge in [-0.3, -0.25) is 9.59 Å². The van der Waals surface area contributed by atoms with Gasteiger partial charge in [-0.05, 0) is 44.0 Å². The Labute approximate surface area is 152 Å². The molecular weight excluding hydrogens is 356 g/mol. The zero-order valence-electron chi connectivity index (χ0n) is 14.3. The van der Waals surface area contributed by atoms with Crippen LogP contribution in [0.25, 0.3) is 0 Å². The first-order valence-corrected chi connectivity index (χ1v) is 9.75. The Bertz CT molecular complexity index is 888. The van der Waals surface area contributed by atoms with E-state index in [1.54, 1.807) is 30.5 Å². The Morgan fingerprint density at radius 1 is 1.23 bits per heavy atom. The maximum atomic E-state index is 12.8. The smallest absolute Gasteiger partial charge is 0.324 e. The third-order valence-corrected chi connectivity index (χ3v) is 6.27. The molecule has 3 rings (SSSR count). The zero-order valence-corrected chi connectivity index (χ0v) is 15.2. The number of nitrogens with zero attached hydrogens (tertiary/aromatic N) is 1. The summed E-state index contributed by atoms with van der Waals surface area (Å²) < 4.78 is 31.9. The van der Waals surface area contributed by atoms with E-state index in [1.807, 2.05) is 6.92 Å². The van der Waals surface area contributed by atoms with Crippen LogP contribution < -0.4 is 0 Å². The van der Waals surface area contributed by atoms with Gasteiger partial charge in [0.1, 0.15) is 6.04 Å². The number of hydrogen-bond acceptors (Lipinski definition) is 5. The summed E-state index contributed by atoms with van der Waals surface area (Å²) >= 11 is 0. The average Bonchev–Trinajstić information content (AvgIpc) is 3.31. The lowest BCUT2D eigenvalue weighted by atomic mass is 10.2. The van der Waals surface area contributed by atoms with Gasteiger partial charge in [-0.25, -0.2) is 8.42 Å². The maximum absolute atomic E-state index is 12.8. The van der Waals surface area contributed by atoms with Gasteiger partial charge in [0.2, 0.25) is 15.8 Å². The van der Waals surface area contributed by atoms with Crippen LogP contribution in [0, 0.1) is 6.92 Å². The van der Waals surface area contributed by atoms with Crippen molar-refractivity contribution in [3.05, 3.63) is 53.9 Å². The molecule has 1 N–H and O–H groups in total. The number of H-pyrrole nitrogens is 1. The molecule has 2 heterocycles. The predicted molar refractivity (Wildman–Crippen MR) is 94.2 cm³/mol. The van der Waals surface area contributed by atoms with Crippen molar-refractivity contribution < 1.29 is 22.7 Å². The summed E-state index contributed by atoms with van der Waals surface area (Å²) in [5.74, 6) is -1.06. The Morgan fingerprint density at radius 3 is 2.62 bits per heavy atom. The fourth-order valence-corrected chi connectivity index (χ4v) is 4.57. The number of rotatable bonds is 6. The fourth-order valence-electron chi connectivity index (χ4n) is 2.92. The molecule has 0 saturated carbocycles. The average molecular weight is 376 g/mol. The third kappa shape index (κ3) is 3.71. The highest BCUT2D eigenvalue weighted by Gasteiger charge is 2.40. The molecule has 2 aromatic rings. The van der Waals surface area contributed by atoms with Crippen LogP contribution in [0.2, 0.25) is 0 Å². The number of nitrogens with one attached hydrogen (secondary N) is 1. The molecule has 1 aliphatic heterocycles. The Balaban J connectivity index is 1.70. The quantitative estimate of drug-likeness (QED) is 0.614. The SMILES string of the molecule is Cc1ccc(S(=O)(=O)N2CCCC2C(=O)OCC(=O)c2ccc[nH]2)cc1. The summed E-state index contributed by atoms with van der Waals surface area (Å²) in [5, 5.41) is 0. The number of ketones is 1. The summed E-state index contributed by atoms with van der Waals surface area (Å²) in [6.45, 7) is 1.70. The molecular formula is C18H20N2O5S. The second-order valence-corrected chi connectivity index (χ2v) is 8.09. The molecule has 1 aliphatic rings. The number of aryl methyl sites for hydroxylation is 1. The summed E-state index contributed by atoms with van der Waals surface area (Å²) in [6.07, 6.45) is 2.54. The number of carbonyl (C=O) groups excluding carboxylic acids is 2. The molecule has 0 amide bonds. The van der Waals surface area contributed by atoms with Crippen LogP contribution in [0.3, 0.4) is 0 Å². The van der Waals surface area contributed by atoms with Crippen molar-refractivity contribution in [3.8, 4) is 0 Å². The van der Waals surface area contributed by atoms with Crippen LogP contribution in [0.4, 0.5) is 0 Å². The van der Waals surface area contributed by atoms with E-state index < -0.39 is 28.6 Å². The second kappa shape index (κ2) is 7.43. The van der Waals surface area contributed by atoms with E-state index in [0.717, 1.165) is 5.56 Å². The molecule has 0 bridgehead atoms. The third-order valence-electron chi connectivity index (χ3n) is 4.35. The summed E-state index contributed by atoms with van der Waals surface area (Å²) in [6, 6.07) is 8.83. The maximum Gasteiger partial charge on any atom is 0.324 e. The van der Waals surface area contributed by atoms with Crippen molar-refractivity contribution >= 4 is 21.8 Å². The molecule has 0 spiro atoms. The van der Waals surface area contributed by atoms with E-state index >= 15 is 0 Å². The summed E-state index contributed by atoms with van der Waals surface area (Å²) in [4.78, 5) is 27.2. The van der Waals surface area contributed by atoms with E-state index in [4.69, 9.17) is 4.74 Å². The predicted octanol–water partition coefficient (Wildman–Crippen LogP) is 1.90. The van der Waals surface area contributed by atoms with E-state index in [9.17, 15) is 18.0 Å². The first-order valence-electron chi connectivity index (χ1n) is 8.31. The van der Waals surface area contributed by atoms with Crippen molar-refractivity contribution in [2.45, 2.75) is 30.7 Å². The van der Waals surface area contributed by atoms with E-state index in [0.29, 0.717) is 18.5 Å². The van der Waals surface area contributed by atoms with Crippen LogP contribution in [0.5, 0.6) is 0 Å². The van der Waals surface area contributed by atoms with Crippen molar-refractivity contribution in [2.24, 2.45) is 0 Å². The molecule has 0 aliphatic carbocycles. The lowest BCUT2D eigenvalue weighted by Gasteiger charge is -2.22. The second-order valence-electron chi connectivity index (χ2n) is 6.20. The van der Waals surface area contributed by atoms with Gasteiger partial charge in [0.15, 0.2) is 6.61 Å². The number of sulfonamides is 1. The van der Waals surface area contributed by atoms with Gasteiger partial charge in [0.25, 0.3) is 0 Å². The van der Waals surface area contributed by atoms with Crippen LogP contribution in [-0.2, 0) is 19.6 Å². The van der Waals surface area contributed by atoms with Crippen LogP contribution in [-0.4, -0.2) is 48.7 Å². The highest BCUT2D eigenvalue weighted by atomic mass is 32.2. The molecule has 1 aromatic carbocycles. The molecule has 26 heavy (non-hydrogen) atoms. The first kappa shape index (κ1) is 18.3. The highest BCUT2D eigenvalue weighted by Crippen LogP contribution is 2.27. The number of aromatic amines is 1. The minimum Gasteiger partial charge on any atom is -0.456 e. The van der Waals surface area contributed by atoms with Crippen LogP contribution in [0.1, 0.15) is 28.9 Å². The first-order chi connectivity index (χ1) is 12.4. The van der Waals surface area contributed by atoms with E-state index in [1.165, 1.54) is 16.4 Å². The number of esters is 1. The number of ether oxygens (including phenoxy) is 1. The molecule has 0 radical (unpaired) electrons. The van der Waals surface area contributed by atoms with Gasteiger partial charge in [-0.2, -0.15) is 4.31 Å². The normalized spacial score (nSPS) is 18.0. The van der Waals surface area contributed by atoms with Gasteiger partial charge in [-0.1, -0.05) is 17.7 Å². The number of hydrogen-bond donors (Lipinski definition) is 1. The highest BCUT2D eigenvalue weighted by molar-refractivity contribution is 7.89. The van der Waals surface area contributed by atoms with Gasteiger partial charge >= 0.3 is 5.97 Å². The van der Waals surface area contributed by atoms with Crippen LogP contribution in [0.15, 0.2) is 47.5 Å². The fraction of sp³-hybridized carbons (Fsp3) is 0.333. The molecule has 1 unspecified atom stereocenters. The van der Waals surface area contributed by atoms with Crippen molar-refractivity contribution in [3.63, 3.8) is 0 Å². The largest absolute Gasteiger partial charge is 0.456 e. The van der Waals surface area contributed by atoms with Gasteiger partial charge in [0, 0.05) is 12.7 Å². The molecule has 138 valence electrons. The molecule has 1 atom stereocenters. The Hall–Kier alpha value is -2.45. The van der Waals surface area contributed by atoms with Crippen LogP contribution >= 0.6 is 0 Å². The van der Waals surface area contributed by atoms with Crippen molar-refractivity contribution in [2.75, 3.05) is 13.2 Å². The van der Waals surface area contributed by atoms with Gasteiger partial charge in [0.05, 0.1) is 10.6 Å². The molecule has 1 saturated heterocycles.